The third-order valence-corrected chi connectivity index (χ3v) is 5.32. The molecule has 0 saturated carbocycles. The average molecular weight is 406 g/mol. The zero-order valence-electron chi connectivity index (χ0n) is 17.8. The summed E-state index contributed by atoms with van der Waals surface area (Å²) in [6.07, 6.45) is 2.26. The molecule has 28 heavy (non-hydrogen) atoms. The molecule has 0 amide bonds. The number of piperidine rings is 1. The summed E-state index contributed by atoms with van der Waals surface area (Å²) >= 11 is 6.04. The van der Waals surface area contributed by atoms with Crippen LogP contribution in [-0.4, -0.2) is 68.6 Å². The highest BCUT2D eigenvalue weighted by molar-refractivity contribution is 6.30. The van der Waals surface area contributed by atoms with Gasteiger partial charge in [0.1, 0.15) is 0 Å². The molecule has 1 aliphatic heterocycles. The van der Waals surface area contributed by atoms with Crippen LogP contribution in [0.25, 0.3) is 0 Å². The Morgan fingerprint density at radius 1 is 1.29 bits per heavy atom. The number of benzene rings is 1. The number of guanidine groups is 1. The second-order valence-electron chi connectivity index (χ2n) is 7.90. The Labute approximate surface area is 175 Å². The standard InChI is InChI=1S/C22H36ClN5/c1-6-24-22(26-20-11-13-28(14-12-20)16-17(2)3)25-15-21(27(4)5)18-7-9-19(23)10-8-18/h7-10,20-21H,2,6,11-16H2,1,3-5H3,(H2,24,25,26). The van der Waals surface area contributed by atoms with E-state index in [0.29, 0.717) is 12.6 Å². The minimum atomic E-state index is 0.213. The Morgan fingerprint density at radius 2 is 1.93 bits per heavy atom. The van der Waals surface area contributed by atoms with E-state index in [4.69, 9.17) is 16.6 Å². The number of nitrogens with one attached hydrogen (secondary N) is 2. The third kappa shape index (κ3) is 7.46. The fourth-order valence-corrected chi connectivity index (χ4v) is 3.69. The summed E-state index contributed by atoms with van der Waals surface area (Å²) < 4.78 is 0. The molecule has 0 aliphatic carbocycles. The lowest BCUT2D eigenvalue weighted by molar-refractivity contribution is 0.221. The van der Waals surface area contributed by atoms with E-state index in [-0.39, 0.29) is 6.04 Å². The van der Waals surface area contributed by atoms with Crippen molar-refractivity contribution in [1.82, 2.24) is 20.4 Å². The van der Waals surface area contributed by atoms with Crippen molar-refractivity contribution in [3.05, 3.63) is 47.0 Å². The Kier molecular flexibility index (Phi) is 9.29. The van der Waals surface area contributed by atoms with E-state index in [0.717, 1.165) is 50.0 Å². The van der Waals surface area contributed by atoms with Crippen LogP contribution in [-0.2, 0) is 0 Å². The normalized spacial score (nSPS) is 17.6. The predicted octanol–water partition coefficient (Wildman–Crippen LogP) is 3.54. The van der Waals surface area contributed by atoms with Gasteiger partial charge in [0.2, 0.25) is 0 Å². The van der Waals surface area contributed by atoms with Crippen LogP contribution in [0, 0.1) is 0 Å². The van der Waals surface area contributed by atoms with Crippen molar-refractivity contribution in [3.8, 4) is 0 Å². The van der Waals surface area contributed by atoms with Gasteiger partial charge in [-0.2, -0.15) is 0 Å². The zero-order valence-corrected chi connectivity index (χ0v) is 18.6. The van der Waals surface area contributed by atoms with Gasteiger partial charge in [-0.3, -0.25) is 9.89 Å². The Balaban J connectivity index is 1.97. The molecule has 1 unspecified atom stereocenters. The SMILES string of the molecule is C=C(C)CN1CCC(NC(=NCC(c2ccc(Cl)cc2)N(C)C)NCC)CC1. The Morgan fingerprint density at radius 3 is 2.46 bits per heavy atom. The first-order valence-corrected chi connectivity index (χ1v) is 10.6. The van der Waals surface area contributed by atoms with Crippen molar-refractivity contribution in [2.24, 2.45) is 4.99 Å². The van der Waals surface area contributed by atoms with Crippen LogP contribution in [0.5, 0.6) is 0 Å². The van der Waals surface area contributed by atoms with Gasteiger partial charge in [-0.15, -0.1) is 0 Å². The molecule has 2 N–H and O–H groups in total. The second kappa shape index (κ2) is 11.4. The maximum Gasteiger partial charge on any atom is 0.191 e. The maximum absolute atomic E-state index is 6.04. The minimum Gasteiger partial charge on any atom is -0.357 e. The lowest BCUT2D eigenvalue weighted by atomic mass is 10.0. The quantitative estimate of drug-likeness (QED) is 0.394. The molecule has 156 valence electrons. The van der Waals surface area contributed by atoms with Crippen LogP contribution >= 0.6 is 11.6 Å². The van der Waals surface area contributed by atoms with Gasteiger partial charge in [-0.1, -0.05) is 35.9 Å². The number of hydrogen-bond acceptors (Lipinski definition) is 3. The minimum absolute atomic E-state index is 0.213. The molecule has 0 bridgehead atoms. The molecule has 5 nitrogen and oxygen atoms in total. The first-order chi connectivity index (χ1) is 13.4. The summed E-state index contributed by atoms with van der Waals surface area (Å²) in [4.78, 5) is 9.57. The van der Waals surface area contributed by atoms with Crippen LogP contribution < -0.4 is 10.6 Å². The van der Waals surface area contributed by atoms with Crippen molar-refractivity contribution < 1.29 is 0 Å². The summed E-state index contributed by atoms with van der Waals surface area (Å²) in [6, 6.07) is 8.73. The van der Waals surface area contributed by atoms with Gasteiger partial charge in [0.15, 0.2) is 5.96 Å². The highest BCUT2D eigenvalue weighted by Crippen LogP contribution is 2.21. The molecular weight excluding hydrogens is 370 g/mol. The molecule has 1 heterocycles. The molecule has 1 aliphatic rings. The third-order valence-electron chi connectivity index (χ3n) is 5.07. The molecule has 0 radical (unpaired) electrons. The van der Waals surface area contributed by atoms with Crippen molar-refractivity contribution in [2.75, 3.05) is 46.8 Å². The molecule has 6 heteroatoms. The molecular formula is C22H36ClN5. The van der Waals surface area contributed by atoms with Crippen LogP contribution in [0.3, 0.4) is 0 Å². The molecule has 0 aromatic heterocycles. The van der Waals surface area contributed by atoms with E-state index in [1.807, 2.05) is 12.1 Å². The molecule has 0 spiro atoms. The second-order valence-corrected chi connectivity index (χ2v) is 8.34. The summed E-state index contributed by atoms with van der Waals surface area (Å²) in [7, 11) is 4.18. The number of hydrogen-bond donors (Lipinski definition) is 2. The number of aliphatic imine (C=N–C) groups is 1. The lowest BCUT2D eigenvalue weighted by Crippen LogP contribution is -2.49. The largest absolute Gasteiger partial charge is 0.357 e. The van der Waals surface area contributed by atoms with Gasteiger partial charge in [-0.25, -0.2) is 0 Å². The molecule has 1 aromatic carbocycles. The fraction of sp³-hybridized carbons (Fsp3) is 0.591. The van der Waals surface area contributed by atoms with Gasteiger partial charge in [0.25, 0.3) is 0 Å². The van der Waals surface area contributed by atoms with E-state index in [9.17, 15) is 0 Å². The number of likely N-dealkylation sites (N-methyl/N-ethyl adjacent to an activating group) is 1. The van der Waals surface area contributed by atoms with Crippen molar-refractivity contribution in [1.29, 1.82) is 0 Å². The predicted molar refractivity (Wildman–Crippen MR) is 121 cm³/mol. The summed E-state index contributed by atoms with van der Waals surface area (Å²) in [5.74, 6) is 0.904. The van der Waals surface area contributed by atoms with Crippen molar-refractivity contribution in [2.45, 2.75) is 38.8 Å². The molecule has 2 rings (SSSR count). The van der Waals surface area contributed by atoms with Gasteiger partial charge < -0.3 is 15.5 Å². The van der Waals surface area contributed by atoms with Crippen molar-refractivity contribution >= 4 is 17.6 Å². The van der Waals surface area contributed by atoms with E-state index in [2.05, 4.69) is 67.1 Å². The zero-order chi connectivity index (χ0) is 20.5. The highest BCUT2D eigenvalue weighted by Gasteiger charge is 2.20. The number of halogens is 1. The molecule has 1 saturated heterocycles. The van der Waals surface area contributed by atoms with Gasteiger partial charge in [0.05, 0.1) is 12.6 Å². The van der Waals surface area contributed by atoms with Gasteiger partial charge in [0, 0.05) is 37.2 Å². The smallest absolute Gasteiger partial charge is 0.191 e. The van der Waals surface area contributed by atoms with Crippen LogP contribution in [0.15, 0.2) is 41.4 Å². The van der Waals surface area contributed by atoms with E-state index in [1.54, 1.807) is 0 Å². The summed E-state index contributed by atoms with van der Waals surface area (Å²) in [5.41, 5.74) is 2.46. The van der Waals surface area contributed by atoms with Crippen LogP contribution in [0.2, 0.25) is 5.02 Å². The van der Waals surface area contributed by atoms with Crippen molar-refractivity contribution in [3.63, 3.8) is 0 Å². The first-order valence-electron chi connectivity index (χ1n) is 10.2. The van der Waals surface area contributed by atoms with E-state index in [1.165, 1.54) is 11.1 Å². The molecule has 1 fully saturated rings. The summed E-state index contributed by atoms with van der Waals surface area (Å²) in [6.45, 7) is 13.0. The number of nitrogens with zero attached hydrogens (tertiary/aromatic N) is 3. The van der Waals surface area contributed by atoms with E-state index >= 15 is 0 Å². The summed E-state index contributed by atoms with van der Waals surface area (Å²) in [5, 5.41) is 7.80. The maximum atomic E-state index is 6.04. The van der Waals surface area contributed by atoms with Crippen LogP contribution in [0.4, 0.5) is 0 Å². The number of likely N-dealkylation sites (tertiary alicyclic amines) is 1. The monoisotopic (exact) mass is 405 g/mol. The Bertz CT molecular complexity index is 633. The topological polar surface area (TPSA) is 42.9 Å². The highest BCUT2D eigenvalue weighted by atomic mass is 35.5. The molecule has 1 atom stereocenters. The molecule has 1 aromatic rings. The Hall–Kier alpha value is -1.56. The fourth-order valence-electron chi connectivity index (χ4n) is 3.56. The van der Waals surface area contributed by atoms with Crippen LogP contribution in [0.1, 0.15) is 38.3 Å². The lowest BCUT2D eigenvalue weighted by Gasteiger charge is -2.33. The number of rotatable bonds is 8. The van der Waals surface area contributed by atoms with Gasteiger partial charge in [-0.05, 0) is 58.5 Å². The van der Waals surface area contributed by atoms with Gasteiger partial charge >= 0.3 is 0 Å². The van der Waals surface area contributed by atoms with E-state index < -0.39 is 0 Å². The first kappa shape index (κ1) is 22.7. The average Bonchev–Trinajstić information content (AvgIpc) is 2.64.